The summed E-state index contributed by atoms with van der Waals surface area (Å²) in [6.07, 6.45) is 6.52. The van der Waals surface area contributed by atoms with Crippen LogP contribution in [0.25, 0.3) is 0 Å². The van der Waals surface area contributed by atoms with Gasteiger partial charge in [0.2, 0.25) is 11.5 Å². The zero-order chi connectivity index (χ0) is 20.5. The maximum absolute atomic E-state index is 13.2. The molecule has 3 aliphatic heterocycles. The Kier molecular flexibility index (Phi) is 3.43. The Morgan fingerprint density at radius 1 is 1.10 bits per heavy atom. The molecule has 0 saturated heterocycles. The van der Waals surface area contributed by atoms with Gasteiger partial charge in [-0.2, -0.15) is 4.68 Å². The summed E-state index contributed by atoms with van der Waals surface area (Å²) in [5.74, 6) is -0.265. The summed E-state index contributed by atoms with van der Waals surface area (Å²) in [6.45, 7) is 3.35. The predicted molar refractivity (Wildman–Crippen MR) is 106 cm³/mol. The molecule has 2 bridgehead atoms. The number of Topliss-reactive ketones (excluding diaryl/α,β-unsaturated/α-hetero) is 1. The second-order valence-electron chi connectivity index (χ2n) is 7.47. The minimum atomic E-state index is -1.29. The third kappa shape index (κ3) is 2.09. The second kappa shape index (κ2) is 5.69. The molecule has 4 aliphatic rings. The van der Waals surface area contributed by atoms with Crippen molar-refractivity contribution < 1.29 is 9.63 Å². The zero-order valence-electron chi connectivity index (χ0n) is 16.1. The average Bonchev–Trinajstić information content (AvgIpc) is 2.87. The number of carbonyl (C=O) groups is 1. The predicted octanol–water partition coefficient (Wildman–Crippen LogP) is 0.798. The smallest absolute Gasteiger partial charge is 0.349 e. The largest absolute Gasteiger partial charge is 0.381 e. The first-order valence-electron chi connectivity index (χ1n) is 9.26. The van der Waals surface area contributed by atoms with Gasteiger partial charge in [-0.1, -0.05) is 35.0 Å². The molecule has 4 heterocycles. The molecule has 1 aliphatic carbocycles. The number of amidine groups is 1. The van der Waals surface area contributed by atoms with Gasteiger partial charge in [-0.15, -0.1) is 0 Å². The molecule has 9 nitrogen and oxygen atoms in total. The molecule has 1 aromatic carbocycles. The number of ketones is 1. The Morgan fingerprint density at radius 2 is 1.83 bits per heavy atom. The van der Waals surface area contributed by atoms with Crippen LogP contribution in [0.3, 0.4) is 0 Å². The van der Waals surface area contributed by atoms with E-state index in [4.69, 9.17) is 4.84 Å². The molecule has 0 amide bonds. The van der Waals surface area contributed by atoms with Crippen LogP contribution in [0.1, 0.15) is 18.5 Å². The van der Waals surface area contributed by atoms with Crippen molar-refractivity contribution in [1.82, 2.24) is 13.9 Å². The number of aryl methyl sites for hydroxylation is 1. The lowest BCUT2D eigenvalue weighted by Gasteiger charge is -2.48. The molecule has 0 unspecified atom stereocenters. The minimum absolute atomic E-state index is 0.0539. The van der Waals surface area contributed by atoms with E-state index in [-0.39, 0.29) is 11.6 Å². The SMILES string of the molecule is CC(=O)C1=NO[C@@H]2C=C[C@H]3C=C[C@]2(N1c1ccc(C)cc1)n1c(=O)n(C)c(=O)n13. The van der Waals surface area contributed by atoms with Crippen molar-refractivity contribution in [1.29, 1.82) is 0 Å². The van der Waals surface area contributed by atoms with Crippen LogP contribution in [0.2, 0.25) is 0 Å². The fourth-order valence-corrected chi connectivity index (χ4v) is 4.22. The van der Waals surface area contributed by atoms with Crippen molar-refractivity contribution in [2.75, 3.05) is 4.90 Å². The summed E-state index contributed by atoms with van der Waals surface area (Å²) in [4.78, 5) is 45.9. The number of anilines is 1. The maximum Gasteiger partial charge on any atom is 0.349 e. The Labute approximate surface area is 165 Å². The lowest BCUT2D eigenvalue weighted by atomic mass is 9.96. The molecule has 0 N–H and O–H groups in total. The normalized spacial score (nSPS) is 26.4. The molecule has 3 atom stereocenters. The summed E-state index contributed by atoms with van der Waals surface area (Å²) in [5.41, 5.74) is -0.524. The number of aromatic nitrogens is 3. The molecular formula is C20H19N5O4. The first-order valence-corrected chi connectivity index (χ1v) is 9.26. The van der Waals surface area contributed by atoms with Crippen molar-refractivity contribution in [3.05, 3.63) is 75.1 Å². The van der Waals surface area contributed by atoms with Crippen LogP contribution >= 0.6 is 0 Å². The van der Waals surface area contributed by atoms with Crippen LogP contribution in [0.15, 0.2) is 63.3 Å². The average molecular weight is 393 g/mol. The Balaban J connectivity index is 1.90. The van der Waals surface area contributed by atoms with Crippen LogP contribution in [0, 0.1) is 6.92 Å². The number of allylic oxidation sites excluding steroid dienone is 2. The van der Waals surface area contributed by atoms with E-state index in [0.717, 1.165) is 10.1 Å². The minimum Gasteiger partial charge on any atom is -0.381 e. The van der Waals surface area contributed by atoms with Crippen molar-refractivity contribution in [2.45, 2.75) is 31.7 Å². The van der Waals surface area contributed by atoms with Gasteiger partial charge in [0.1, 0.15) is 0 Å². The highest BCUT2D eigenvalue weighted by atomic mass is 16.6. The lowest BCUT2D eigenvalue weighted by molar-refractivity contribution is -0.112. The third-order valence-corrected chi connectivity index (χ3v) is 5.66. The van der Waals surface area contributed by atoms with Crippen molar-refractivity contribution >= 4 is 17.3 Å². The summed E-state index contributed by atoms with van der Waals surface area (Å²) in [7, 11) is 1.44. The number of benzene rings is 1. The second-order valence-corrected chi connectivity index (χ2v) is 7.47. The molecule has 2 aromatic rings. The van der Waals surface area contributed by atoms with Crippen LogP contribution < -0.4 is 16.3 Å². The van der Waals surface area contributed by atoms with Gasteiger partial charge >= 0.3 is 11.4 Å². The fourth-order valence-electron chi connectivity index (χ4n) is 4.22. The Morgan fingerprint density at radius 3 is 2.52 bits per heavy atom. The van der Waals surface area contributed by atoms with E-state index in [2.05, 4.69) is 5.16 Å². The molecule has 0 radical (unpaired) electrons. The highest BCUT2D eigenvalue weighted by Gasteiger charge is 2.56. The van der Waals surface area contributed by atoms with Gasteiger partial charge in [-0.25, -0.2) is 18.8 Å². The summed E-state index contributed by atoms with van der Waals surface area (Å²) >= 11 is 0. The van der Waals surface area contributed by atoms with Gasteiger partial charge in [0.25, 0.3) is 0 Å². The summed E-state index contributed by atoms with van der Waals surface area (Å²) in [5, 5.41) is 4.08. The van der Waals surface area contributed by atoms with Crippen molar-refractivity contribution in [3.8, 4) is 0 Å². The number of oxime groups is 1. The van der Waals surface area contributed by atoms with E-state index in [1.54, 1.807) is 17.1 Å². The van der Waals surface area contributed by atoms with E-state index in [1.165, 1.54) is 23.3 Å². The number of hydrogen-bond acceptors (Lipinski definition) is 6. The zero-order valence-corrected chi connectivity index (χ0v) is 16.1. The van der Waals surface area contributed by atoms with Gasteiger partial charge in [-0.05, 0) is 31.2 Å². The maximum atomic E-state index is 13.2. The van der Waals surface area contributed by atoms with Gasteiger partial charge in [0, 0.05) is 19.7 Å². The van der Waals surface area contributed by atoms with Crippen LogP contribution in [-0.2, 0) is 22.3 Å². The van der Waals surface area contributed by atoms with Gasteiger partial charge in [0.05, 0.1) is 6.04 Å². The standard InChI is InChI=1S/C20H19N5O4/c1-12-4-6-14(7-5-12)23-17(13(2)26)21-29-16-9-8-15-10-11-20(16,23)25-19(28)22(3)18(27)24(15)25/h4-11,15-16H,1-3H3/t15-,16+,20-/m0/s1. The number of carbonyl (C=O) groups excluding carboxylic acids is 1. The molecule has 1 aromatic heterocycles. The molecular weight excluding hydrogens is 374 g/mol. The molecule has 9 heteroatoms. The molecule has 148 valence electrons. The summed E-state index contributed by atoms with van der Waals surface area (Å²) in [6, 6.07) is 7.11. The fraction of sp³-hybridized carbons (Fsp3) is 0.300. The van der Waals surface area contributed by atoms with E-state index in [1.807, 2.05) is 43.3 Å². The third-order valence-electron chi connectivity index (χ3n) is 5.66. The first kappa shape index (κ1) is 17.5. The molecule has 1 spiro atoms. The number of rotatable bonds is 2. The molecule has 29 heavy (non-hydrogen) atoms. The van der Waals surface area contributed by atoms with Gasteiger partial charge in [-0.3, -0.25) is 9.69 Å². The van der Waals surface area contributed by atoms with E-state index < -0.39 is 29.2 Å². The summed E-state index contributed by atoms with van der Waals surface area (Å²) < 4.78 is 3.83. The first-order chi connectivity index (χ1) is 13.9. The van der Waals surface area contributed by atoms with Crippen molar-refractivity contribution in [3.63, 3.8) is 0 Å². The highest BCUT2D eigenvalue weighted by Crippen LogP contribution is 2.42. The Bertz CT molecular complexity index is 1240. The van der Waals surface area contributed by atoms with E-state index >= 15 is 0 Å². The van der Waals surface area contributed by atoms with Crippen LogP contribution in [0.5, 0.6) is 0 Å². The monoisotopic (exact) mass is 393 g/mol. The Hall–Kier alpha value is -3.62. The van der Waals surface area contributed by atoms with Crippen molar-refractivity contribution in [2.24, 2.45) is 12.2 Å². The lowest BCUT2D eigenvalue weighted by Crippen LogP contribution is -2.67. The molecule has 0 saturated carbocycles. The molecule has 0 fully saturated rings. The number of nitrogens with zero attached hydrogens (tertiary/aromatic N) is 5. The quantitative estimate of drug-likeness (QED) is 0.704. The topological polar surface area (TPSA) is 90.8 Å². The van der Waals surface area contributed by atoms with Gasteiger partial charge in [0.15, 0.2) is 11.9 Å². The van der Waals surface area contributed by atoms with Gasteiger partial charge < -0.3 is 4.84 Å². The van der Waals surface area contributed by atoms with Crippen LogP contribution in [-0.4, -0.2) is 31.7 Å². The molecule has 6 rings (SSSR count). The van der Waals surface area contributed by atoms with E-state index in [0.29, 0.717) is 5.69 Å². The number of hydrogen-bond donors (Lipinski definition) is 0. The van der Waals surface area contributed by atoms with E-state index in [9.17, 15) is 14.4 Å². The highest BCUT2D eigenvalue weighted by molar-refractivity contribution is 6.43. The van der Waals surface area contributed by atoms with Crippen LogP contribution in [0.4, 0.5) is 5.69 Å².